The van der Waals surface area contributed by atoms with Gasteiger partial charge in [-0.05, 0) is 61.4 Å². The van der Waals surface area contributed by atoms with Crippen molar-refractivity contribution in [3.8, 4) is 0 Å². The van der Waals surface area contributed by atoms with Crippen LogP contribution in [0.3, 0.4) is 0 Å². The molecular formula is C16H17ClN2O3S. The standard InChI is InChI=1S/C16H17ClN2O3S/c1-11-3-6-14(9-12(11)2)19-16(20)10-18-23(21,22)15-7-4-13(17)5-8-15/h3-9,18H,10H2,1-2H3,(H,19,20). The average Bonchev–Trinajstić information content (AvgIpc) is 2.50. The fraction of sp³-hybridized carbons (Fsp3) is 0.188. The fourth-order valence-electron chi connectivity index (χ4n) is 1.88. The van der Waals surface area contributed by atoms with E-state index in [0.29, 0.717) is 10.7 Å². The maximum Gasteiger partial charge on any atom is 0.241 e. The van der Waals surface area contributed by atoms with Gasteiger partial charge in [-0.15, -0.1) is 0 Å². The molecule has 0 fully saturated rings. The molecule has 0 spiro atoms. The van der Waals surface area contributed by atoms with Gasteiger partial charge in [0.15, 0.2) is 0 Å². The van der Waals surface area contributed by atoms with E-state index in [1.165, 1.54) is 24.3 Å². The summed E-state index contributed by atoms with van der Waals surface area (Å²) in [7, 11) is -3.75. The van der Waals surface area contributed by atoms with Gasteiger partial charge in [0.1, 0.15) is 0 Å². The molecule has 2 aromatic carbocycles. The van der Waals surface area contributed by atoms with Crippen LogP contribution in [0.25, 0.3) is 0 Å². The second kappa shape index (κ2) is 7.12. The maximum absolute atomic E-state index is 12.1. The van der Waals surface area contributed by atoms with Gasteiger partial charge in [0.05, 0.1) is 11.4 Å². The maximum atomic E-state index is 12.1. The van der Waals surface area contributed by atoms with E-state index < -0.39 is 15.9 Å². The zero-order valence-electron chi connectivity index (χ0n) is 12.8. The lowest BCUT2D eigenvalue weighted by molar-refractivity contribution is -0.115. The van der Waals surface area contributed by atoms with E-state index >= 15 is 0 Å². The van der Waals surface area contributed by atoms with Crippen molar-refractivity contribution in [2.24, 2.45) is 0 Å². The number of hydrogen-bond acceptors (Lipinski definition) is 3. The lowest BCUT2D eigenvalue weighted by Gasteiger charge is -2.09. The summed E-state index contributed by atoms with van der Waals surface area (Å²) in [5.74, 6) is -0.439. The Hall–Kier alpha value is -1.89. The Morgan fingerprint density at radius 2 is 1.70 bits per heavy atom. The molecule has 7 heteroatoms. The number of benzene rings is 2. The van der Waals surface area contributed by atoms with Crippen molar-refractivity contribution in [1.29, 1.82) is 0 Å². The van der Waals surface area contributed by atoms with Gasteiger partial charge in [0.2, 0.25) is 15.9 Å². The number of nitrogens with one attached hydrogen (secondary N) is 2. The average molecular weight is 353 g/mol. The molecule has 0 bridgehead atoms. The van der Waals surface area contributed by atoms with Gasteiger partial charge in [-0.25, -0.2) is 13.1 Å². The molecule has 2 rings (SSSR count). The Bertz CT molecular complexity index is 818. The third-order valence-electron chi connectivity index (χ3n) is 3.34. The molecule has 0 aliphatic rings. The molecule has 1 amide bonds. The molecule has 0 aliphatic heterocycles. The minimum atomic E-state index is -3.75. The van der Waals surface area contributed by atoms with Gasteiger partial charge in [0.25, 0.3) is 0 Å². The SMILES string of the molecule is Cc1ccc(NC(=O)CNS(=O)(=O)c2ccc(Cl)cc2)cc1C. The van der Waals surface area contributed by atoms with Crippen LogP contribution < -0.4 is 10.0 Å². The van der Waals surface area contributed by atoms with Crippen molar-refractivity contribution >= 4 is 33.2 Å². The van der Waals surface area contributed by atoms with Crippen LogP contribution in [0.2, 0.25) is 5.02 Å². The highest BCUT2D eigenvalue weighted by molar-refractivity contribution is 7.89. The molecule has 0 saturated heterocycles. The van der Waals surface area contributed by atoms with Crippen LogP contribution >= 0.6 is 11.6 Å². The van der Waals surface area contributed by atoms with Crippen molar-refractivity contribution in [2.75, 3.05) is 11.9 Å². The number of amides is 1. The summed E-state index contributed by atoms with van der Waals surface area (Å²) < 4.78 is 26.4. The summed E-state index contributed by atoms with van der Waals surface area (Å²) >= 11 is 5.72. The first-order chi connectivity index (χ1) is 10.8. The smallest absolute Gasteiger partial charge is 0.241 e. The summed E-state index contributed by atoms with van der Waals surface area (Å²) in [6.07, 6.45) is 0. The number of rotatable bonds is 5. The molecule has 23 heavy (non-hydrogen) atoms. The van der Waals surface area contributed by atoms with Crippen molar-refractivity contribution in [1.82, 2.24) is 4.72 Å². The van der Waals surface area contributed by atoms with Gasteiger partial charge >= 0.3 is 0 Å². The van der Waals surface area contributed by atoms with Crippen LogP contribution in [-0.2, 0) is 14.8 Å². The Kier molecular flexibility index (Phi) is 5.41. The van der Waals surface area contributed by atoms with Crippen molar-refractivity contribution in [3.63, 3.8) is 0 Å². The molecule has 2 N–H and O–H groups in total. The van der Waals surface area contributed by atoms with Gasteiger partial charge in [-0.1, -0.05) is 17.7 Å². The van der Waals surface area contributed by atoms with E-state index in [9.17, 15) is 13.2 Å². The second-order valence-corrected chi connectivity index (χ2v) is 7.33. The normalized spacial score (nSPS) is 11.3. The van der Waals surface area contributed by atoms with Gasteiger partial charge in [0, 0.05) is 10.7 Å². The monoisotopic (exact) mass is 352 g/mol. The van der Waals surface area contributed by atoms with Crippen LogP contribution in [0.4, 0.5) is 5.69 Å². The van der Waals surface area contributed by atoms with E-state index in [0.717, 1.165) is 11.1 Å². The number of aryl methyl sites for hydroxylation is 2. The molecule has 5 nitrogen and oxygen atoms in total. The summed E-state index contributed by atoms with van der Waals surface area (Å²) in [6.45, 7) is 3.56. The minimum absolute atomic E-state index is 0.0564. The fourth-order valence-corrected chi connectivity index (χ4v) is 2.99. The Balaban J connectivity index is 1.98. The van der Waals surface area contributed by atoms with Crippen molar-refractivity contribution in [3.05, 3.63) is 58.6 Å². The van der Waals surface area contributed by atoms with E-state index in [2.05, 4.69) is 10.0 Å². The molecule has 122 valence electrons. The molecule has 0 aliphatic carbocycles. The predicted octanol–water partition coefficient (Wildman–Crippen LogP) is 2.87. The Morgan fingerprint density at radius 1 is 1.04 bits per heavy atom. The predicted molar refractivity (Wildman–Crippen MR) is 91.2 cm³/mol. The van der Waals surface area contributed by atoms with E-state index in [-0.39, 0.29) is 11.4 Å². The first-order valence-electron chi connectivity index (χ1n) is 6.90. The number of carbonyl (C=O) groups is 1. The number of sulfonamides is 1. The first kappa shape index (κ1) is 17.5. The molecule has 0 unspecified atom stereocenters. The Morgan fingerprint density at radius 3 is 2.30 bits per heavy atom. The minimum Gasteiger partial charge on any atom is -0.325 e. The third kappa shape index (κ3) is 4.79. The zero-order chi connectivity index (χ0) is 17.0. The highest BCUT2D eigenvalue weighted by Crippen LogP contribution is 2.15. The molecule has 0 heterocycles. The topological polar surface area (TPSA) is 75.3 Å². The molecule has 0 atom stereocenters. The van der Waals surface area contributed by atoms with Crippen LogP contribution in [0.15, 0.2) is 47.4 Å². The number of anilines is 1. The quantitative estimate of drug-likeness (QED) is 0.868. The van der Waals surface area contributed by atoms with Gasteiger partial charge in [-0.2, -0.15) is 0 Å². The highest BCUT2D eigenvalue weighted by atomic mass is 35.5. The molecule has 0 aromatic heterocycles. The lowest BCUT2D eigenvalue weighted by Crippen LogP contribution is -2.32. The summed E-state index contributed by atoms with van der Waals surface area (Å²) in [5, 5.41) is 3.10. The lowest BCUT2D eigenvalue weighted by atomic mass is 10.1. The molecule has 0 radical (unpaired) electrons. The summed E-state index contributed by atoms with van der Waals surface area (Å²) in [6, 6.07) is 11.2. The van der Waals surface area contributed by atoms with Crippen molar-refractivity contribution < 1.29 is 13.2 Å². The van der Waals surface area contributed by atoms with E-state index in [1.54, 1.807) is 6.07 Å². The number of hydrogen-bond donors (Lipinski definition) is 2. The van der Waals surface area contributed by atoms with Crippen LogP contribution in [0.5, 0.6) is 0 Å². The Labute approximate surface area is 140 Å². The number of halogens is 1. The van der Waals surface area contributed by atoms with Crippen LogP contribution in [0.1, 0.15) is 11.1 Å². The largest absolute Gasteiger partial charge is 0.325 e. The molecule has 2 aromatic rings. The molecule has 0 saturated carbocycles. The third-order valence-corrected chi connectivity index (χ3v) is 5.01. The first-order valence-corrected chi connectivity index (χ1v) is 8.76. The van der Waals surface area contributed by atoms with Crippen LogP contribution in [0, 0.1) is 13.8 Å². The number of carbonyl (C=O) groups excluding carboxylic acids is 1. The van der Waals surface area contributed by atoms with Crippen LogP contribution in [-0.4, -0.2) is 20.9 Å². The van der Waals surface area contributed by atoms with Gasteiger partial charge in [-0.3, -0.25) is 4.79 Å². The highest BCUT2D eigenvalue weighted by Gasteiger charge is 2.15. The summed E-state index contributed by atoms with van der Waals surface area (Å²) in [5.41, 5.74) is 2.79. The van der Waals surface area contributed by atoms with Gasteiger partial charge < -0.3 is 5.32 Å². The zero-order valence-corrected chi connectivity index (χ0v) is 14.3. The van der Waals surface area contributed by atoms with E-state index in [1.807, 2.05) is 26.0 Å². The summed E-state index contributed by atoms with van der Waals surface area (Å²) in [4.78, 5) is 11.9. The van der Waals surface area contributed by atoms with E-state index in [4.69, 9.17) is 11.6 Å². The molecular weight excluding hydrogens is 336 g/mol. The van der Waals surface area contributed by atoms with Crippen molar-refractivity contribution in [2.45, 2.75) is 18.7 Å². The second-order valence-electron chi connectivity index (χ2n) is 5.13.